The maximum absolute atomic E-state index is 12.6. The average Bonchev–Trinajstić information content (AvgIpc) is 3.56. The van der Waals surface area contributed by atoms with Gasteiger partial charge in [0.15, 0.2) is 5.78 Å². The van der Waals surface area contributed by atoms with E-state index in [1.807, 2.05) is 54.7 Å². The molecule has 1 saturated carbocycles. The van der Waals surface area contributed by atoms with E-state index in [2.05, 4.69) is 23.6 Å². The van der Waals surface area contributed by atoms with Crippen LogP contribution in [0.5, 0.6) is 0 Å². The Hall–Kier alpha value is -3.68. The first-order valence-electron chi connectivity index (χ1n) is 14.1. The fourth-order valence-corrected chi connectivity index (χ4v) is 5.77. The number of fused-ring (bicyclic) bond motifs is 2. The molecule has 5 heterocycles. The first-order chi connectivity index (χ1) is 18.6. The Balaban J connectivity index is 1.38. The number of ether oxygens (including phenoxy) is 1. The molecule has 1 amide bonds. The van der Waals surface area contributed by atoms with Gasteiger partial charge in [0.2, 0.25) is 0 Å². The van der Waals surface area contributed by atoms with Crippen molar-refractivity contribution in [3.8, 4) is 11.4 Å². The first kappa shape index (κ1) is 25.6. The molecule has 0 radical (unpaired) electrons. The molecular weight excluding hydrogens is 490 g/mol. The third kappa shape index (κ3) is 4.92. The second-order valence-electron chi connectivity index (χ2n) is 12.2. The molecule has 0 unspecified atom stereocenters. The monoisotopic (exact) mass is 527 g/mol. The Kier molecular flexibility index (Phi) is 6.24. The van der Waals surface area contributed by atoms with Crippen LogP contribution in [0.1, 0.15) is 80.9 Å². The SMILES string of the molecule is CC(=O)c1ccc2c(C)c(-c3cc4ccnc(C5CCN(C(=O)OC(C)(C)C)CC5)c4n3CC3CC3)nn2c1. The average molecular weight is 528 g/mol. The van der Waals surface area contributed by atoms with Gasteiger partial charge in [-0.05, 0) is 90.5 Å². The summed E-state index contributed by atoms with van der Waals surface area (Å²) in [4.78, 5) is 31.4. The lowest BCUT2D eigenvalue weighted by molar-refractivity contribution is 0.0204. The fraction of sp³-hybridized carbons (Fsp3) is 0.484. The highest BCUT2D eigenvalue weighted by Crippen LogP contribution is 2.40. The number of piperidine rings is 1. The number of likely N-dealkylation sites (tertiary alicyclic amines) is 1. The van der Waals surface area contributed by atoms with Crippen LogP contribution in [0, 0.1) is 12.8 Å². The summed E-state index contributed by atoms with van der Waals surface area (Å²) in [6, 6.07) is 8.21. The molecule has 2 aliphatic rings. The van der Waals surface area contributed by atoms with Gasteiger partial charge in [0.25, 0.3) is 0 Å². The van der Waals surface area contributed by atoms with E-state index in [0.29, 0.717) is 24.6 Å². The van der Waals surface area contributed by atoms with Crippen LogP contribution in [0.25, 0.3) is 27.8 Å². The third-order valence-corrected chi connectivity index (χ3v) is 8.03. The zero-order valence-electron chi connectivity index (χ0n) is 23.5. The van der Waals surface area contributed by atoms with Crippen LogP contribution in [-0.2, 0) is 11.3 Å². The summed E-state index contributed by atoms with van der Waals surface area (Å²) >= 11 is 0. The summed E-state index contributed by atoms with van der Waals surface area (Å²) in [5.41, 5.74) is 6.61. The molecule has 1 aliphatic carbocycles. The largest absolute Gasteiger partial charge is 0.444 e. The van der Waals surface area contributed by atoms with Crippen LogP contribution in [0.2, 0.25) is 0 Å². The lowest BCUT2D eigenvalue weighted by atomic mass is 9.92. The highest BCUT2D eigenvalue weighted by molar-refractivity contribution is 5.94. The molecule has 1 saturated heterocycles. The van der Waals surface area contributed by atoms with E-state index < -0.39 is 5.60 Å². The molecular formula is C31H37N5O3. The zero-order chi connectivity index (χ0) is 27.5. The molecule has 0 N–H and O–H groups in total. The molecule has 6 rings (SSSR count). The molecule has 8 nitrogen and oxygen atoms in total. The molecule has 1 aliphatic heterocycles. The molecule has 0 aromatic carbocycles. The van der Waals surface area contributed by atoms with Gasteiger partial charge in [-0.1, -0.05) is 0 Å². The number of hydrogen-bond acceptors (Lipinski definition) is 5. The van der Waals surface area contributed by atoms with Gasteiger partial charge in [0, 0.05) is 54.5 Å². The van der Waals surface area contributed by atoms with E-state index in [1.165, 1.54) is 23.7 Å². The predicted octanol–water partition coefficient (Wildman–Crippen LogP) is 6.39. The number of hydrogen-bond donors (Lipinski definition) is 0. The molecule has 4 aromatic rings. The van der Waals surface area contributed by atoms with E-state index in [-0.39, 0.29) is 17.8 Å². The topological polar surface area (TPSA) is 81.7 Å². The van der Waals surface area contributed by atoms with Crippen LogP contribution >= 0.6 is 0 Å². The van der Waals surface area contributed by atoms with Crippen molar-refractivity contribution in [2.75, 3.05) is 13.1 Å². The van der Waals surface area contributed by atoms with E-state index in [1.54, 1.807) is 6.92 Å². The van der Waals surface area contributed by atoms with Crippen LogP contribution < -0.4 is 0 Å². The Labute approximate surface area is 229 Å². The number of aryl methyl sites for hydroxylation is 1. The standard InChI is InChI=1S/C31H37N5O3/c1-19-25-9-8-24(20(2)37)18-36(25)33-27(19)26-16-23-10-13-32-28(29(23)35(26)17-21-6-7-21)22-11-14-34(15-12-22)30(38)39-31(3,4)5/h8-10,13,16,18,21-22H,6-7,11-12,14-15,17H2,1-5H3. The number of pyridine rings is 2. The van der Waals surface area contributed by atoms with Crippen LogP contribution in [0.15, 0.2) is 36.7 Å². The predicted molar refractivity (Wildman–Crippen MR) is 151 cm³/mol. The maximum Gasteiger partial charge on any atom is 0.410 e. The smallest absolute Gasteiger partial charge is 0.410 e. The van der Waals surface area contributed by atoms with Gasteiger partial charge in [-0.3, -0.25) is 9.78 Å². The van der Waals surface area contributed by atoms with Gasteiger partial charge in [-0.2, -0.15) is 5.10 Å². The maximum atomic E-state index is 12.6. The zero-order valence-corrected chi connectivity index (χ0v) is 23.5. The van der Waals surface area contributed by atoms with Crippen molar-refractivity contribution in [2.45, 2.75) is 78.4 Å². The number of rotatable bonds is 5. The quantitative estimate of drug-likeness (QED) is 0.281. The molecule has 39 heavy (non-hydrogen) atoms. The highest BCUT2D eigenvalue weighted by Gasteiger charge is 2.31. The lowest BCUT2D eigenvalue weighted by Crippen LogP contribution is -2.41. The summed E-state index contributed by atoms with van der Waals surface area (Å²) in [6.07, 6.45) is 7.71. The van der Waals surface area contributed by atoms with Gasteiger partial charge < -0.3 is 14.2 Å². The fourth-order valence-electron chi connectivity index (χ4n) is 5.77. The minimum absolute atomic E-state index is 0.0304. The first-order valence-corrected chi connectivity index (χ1v) is 14.1. The summed E-state index contributed by atoms with van der Waals surface area (Å²) in [5, 5.41) is 6.15. The van der Waals surface area contributed by atoms with Gasteiger partial charge in [0.05, 0.1) is 22.4 Å². The van der Waals surface area contributed by atoms with Crippen LogP contribution in [0.4, 0.5) is 4.79 Å². The summed E-state index contributed by atoms with van der Waals surface area (Å²) in [7, 11) is 0. The number of Topliss-reactive ketones (excluding diaryl/α,β-unsaturated/α-hetero) is 1. The van der Waals surface area contributed by atoms with Crippen molar-refractivity contribution in [3.05, 3.63) is 53.5 Å². The van der Waals surface area contributed by atoms with E-state index in [0.717, 1.165) is 47.5 Å². The van der Waals surface area contributed by atoms with Crippen molar-refractivity contribution < 1.29 is 14.3 Å². The second kappa shape index (κ2) is 9.50. The van der Waals surface area contributed by atoms with Gasteiger partial charge in [0.1, 0.15) is 11.3 Å². The molecule has 0 atom stereocenters. The number of ketones is 1. The summed E-state index contributed by atoms with van der Waals surface area (Å²) in [5.74, 6) is 0.972. The highest BCUT2D eigenvalue weighted by atomic mass is 16.6. The van der Waals surface area contributed by atoms with Gasteiger partial charge in [-0.15, -0.1) is 0 Å². The van der Waals surface area contributed by atoms with Gasteiger partial charge in [-0.25, -0.2) is 9.31 Å². The summed E-state index contributed by atoms with van der Waals surface area (Å²) < 4.78 is 9.89. The van der Waals surface area contributed by atoms with Crippen molar-refractivity contribution in [1.29, 1.82) is 0 Å². The third-order valence-electron chi connectivity index (χ3n) is 8.03. The second-order valence-corrected chi connectivity index (χ2v) is 12.2. The molecule has 0 spiro atoms. The van der Waals surface area contributed by atoms with Crippen LogP contribution in [0.3, 0.4) is 0 Å². The van der Waals surface area contributed by atoms with Crippen molar-refractivity contribution >= 4 is 28.3 Å². The Morgan fingerprint density at radius 1 is 1.08 bits per heavy atom. The Morgan fingerprint density at radius 2 is 1.82 bits per heavy atom. The Morgan fingerprint density at radius 3 is 2.49 bits per heavy atom. The molecule has 2 fully saturated rings. The Bertz CT molecular complexity index is 1580. The molecule has 0 bridgehead atoms. The van der Waals surface area contributed by atoms with Gasteiger partial charge >= 0.3 is 6.09 Å². The van der Waals surface area contributed by atoms with Crippen LogP contribution in [-0.4, -0.2) is 54.6 Å². The number of carbonyl (C=O) groups is 2. The van der Waals surface area contributed by atoms with Crippen molar-refractivity contribution in [1.82, 2.24) is 24.1 Å². The minimum Gasteiger partial charge on any atom is -0.444 e. The molecule has 4 aromatic heterocycles. The van der Waals surface area contributed by atoms with Crippen molar-refractivity contribution in [2.24, 2.45) is 5.92 Å². The van der Waals surface area contributed by atoms with Crippen molar-refractivity contribution in [3.63, 3.8) is 0 Å². The minimum atomic E-state index is -0.495. The number of amides is 1. The number of carbonyl (C=O) groups excluding carboxylic acids is 2. The van der Waals surface area contributed by atoms with E-state index in [9.17, 15) is 9.59 Å². The number of nitrogens with zero attached hydrogens (tertiary/aromatic N) is 5. The summed E-state index contributed by atoms with van der Waals surface area (Å²) in [6.45, 7) is 11.7. The normalized spacial score (nSPS) is 16.8. The molecule has 204 valence electrons. The molecule has 8 heteroatoms. The van der Waals surface area contributed by atoms with E-state index in [4.69, 9.17) is 14.8 Å². The lowest BCUT2D eigenvalue weighted by Gasteiger charge is -2.33. The van der Waals surface area contributed by atoms with E-state index >= 15 is 0 Å². The number of aromatic nitrogens is 4.